The van der Waals surface area contributed by atoms with Crippen LogP contribution in [-0.2, 0) is 11.2 Å². The first-order valence-corrected chi connectivity index (χ1v) is 6.95. The number of rotatable bonds is 3. The molecule has 1 aromatic carbocycles. The molecule has 0 aromatic heterocycles. The molecule has 1 aromatic rings. The molecule has 1 aliphatic heterocycles. The molecule has 1 fully saturated rings. The lowest BCUT2D eigenvalue weighted by Gasteiger charge is -2.34. The normalized spacial score (nSPS) is 23.3. The van der Waals surface area contributed by atoms with E-state index in [1.807, 2.05) is 0 Å². The van der Waals surface area contributed by atoms with Crippen molar-refractivity contribution in [3.63, 3.8) is 0 Å². The maximum atomic E-state index is 11.7. The first kappa shape index (κ1) is 14.1. The number of hydrogen-bond donors (Lipinski definition) is 2. The summed E-state index contributed by atoms with van der Waals surface area (Å²) in [4.78, 5) is 11.7. The predicted molar refractivity (Wildman–Crippen MR) is 76.5 cm³/mol. The summed E-state index contributed by atoms with van der Waals surface area (Å²) in [7, 11) is 0. The molecule has 3 nitrogen and oxygen atoms in total. The first-order valence-electron chi connectivity index (χ1n) is 6.95. The van der Waals surface area contributed by atoms with Gasteiger partial charge in [0.1, 0.15) is 0 Å². The standard InChI is InChI=1S/C16H23NO2/c1-11-7-12(2)14(13(3)8-11)9-16(15(18)19)5-4-6-17-10-16/h7-8,17H,4-6,9-10H2,1-3H3,(H,18,19). The number of aliphatic carboxylic acids is 1. The number of hydrogen-bond acceptors (Lipinski definition) is 2. The van der Waals surface area contributed by atoms with Crippen molar-refractivity contribution in [3.05, 3.63) is 34.4 Å². The maximum Gasteiger partial charge on any atom is 0.311 e. The van der Waals surface area contributed by atoms with Crippen LogP contribution >= 0.6 is 0 Å². The highest BCUT2D eigenvalue weighted by Crippen LogP contribution is 2.33. The van der Waals surface area contributed by atoms with Gasteiger partial charge in [-0.2, -0.15) is 0 Å². The van der Waals surface area contributed by atoms with E-state index in [2.05, 4.69) is 38.2 Å². The second-order valence-corrected chi connectivity index (χ2v) is 5.92. The molecule has 19 heavy (non-hydrogen) atoms. The van der Waals surface area contributed by atoms with Crippen LogP contribution < -0.4 is 5.32 Å². The van der Waals surface area contributed by atoms with Gasteiger partial charge in [-0.3, -0.25) is 4.79 Å². The lowest BCUT2D eigenvalue weighted by molar-refractivity contribution is -0.150. The molecule has 0 aliphatic carbocycles. The van der Waals surface area contributed by atoms with Gasteiger partial charge in [0, 0.05) is 6.54 Å². The summed E-state index contributed by atoms with van der Waals surface area (Å²) in [6.45, 7) is 7.76. The van der Waals surface area contributed by atoms with Gasteiger partial charge in [0.25, 0.3) is 0 Å². The quantitative estimate of drug-likeness (QED) is 0.879. The van der Waals surface area contributed by atoms with Gasteiger partial charge in [-0.25, -0.2) is 0 Å². The zero-order valence-corrected chi connectivity index (χ0v) is 12.0. The third kappa shape index (κ3) is 2.81. The molecule has 1 aliphatic rings. The van der Waals surface area contributed by atoms with Crippen molar-refractivity contribution in [3.8, 4) is 0 Å². The average molecular weight is 261 g/mol. The smallest absolute Gasteiger partial charge is 0.311 e. The molecule has 1 saturated heterocycles. The zero-order valence-electron chi connectivity index (χ0n) is 12.0. The number of nitrogens with one attached hydrogen (secondary N) is 1. The van der Waals surface area contributed by atoms with E-state index in [9.17, 15) is 9.90 Å². The van der Waals surface area contributed by atoms with E-state index in [4.69, 9.17) is 0 Å². The van der Waals surface area contributed by atoms with Crippen LogP contribution in [0.3, 0.4) is 0 Å². The molecule has 0 spiro atoms. The number of benzene rings is 1. The molecule has 1 heterocycles. The second-order valence-electron chi connectivity index (χ2n) is 5.92. The molecule has 3 heteroatoms. The Balaban J connectivity index is 2.35. The fourth-order valence-electron chi connectivity index (χ4n) is 3.20. The fraction of sp³-hybridized carbons (Fsp3) is 0.562. The predicted octanol–water partition coefficient (Wildman–Crippen LogP) is 2.61. The van der Waals surface area contributed by atoms with Gasteiger partial charge in [-0.05, 0) is 63.3 Å². The summed E-state index contributed by atoms with van der Waals surface area (Å²) in [5, 5.41) is 12.9. The molecule has 0 radical (unpaired) electrons. The van der Waals surface area contributed by atoms with Crippen LogP contribution in [0.1, 0.15) is 35.1 Å². The molecular weight excluding hydrogens is 238 g/mol. The molecule has 0 bridgehead atoms. The molecule has 104 valence electrons. The van der Waals surface area contributed by atoms with E-state index in [0.29, 0.717) is 13.0 Å². The van der Waals surface area contributed by atoms with Crippen molar-refractivity contribution < 1.29 is 9.90 Å². The van der Waals surface area contributed by atoms with E-state index in [0.717, 1.165) is 19.4 Å². The summed E-state index contributed by atoms with van der Waals surface area (Å²) >= 11 is 0. The van der Waals surface area contributed by atoms with Gasteiger partial charge in [-0.15, -0.1) is 0 Å². The lowest BCUT2D eigenvalue weighted by atomic mass is 9.74. The molecule has 1 unspecified atom stereocenters. The summed E-state index contributed by atoms with van der Waals surface area (Å²) in [5.74, 6) is -0.668. The van der Waals surface area contributed by atoms with Crippen molar-refractivity contribution >= 4 is 5.97 Å². The molecule has 2 rings (SSSR count). The Morgan fingerprint density at radius 3 is 2.42 bits per heavy atom. The Labute approximate surface area is 115 Å². The van der Waals surface area contributed by atoms with Crippen molar-refractivity contribution in [2.75, 3.05) is 13.1 Å². The third-order valence-electron chi connectivity index (χ3n) is 4.28. The SMILES string of the molecule is Cc1cc(C)c(CC2(C(=O)O)CCCNC2)c(C)c1. The second kappa shape index (κ2) is 5.33. The topological polar surface area (TPSA) is 49.3 Å². The van der Waals surface area contributed by atoms with Crippen molar-refractivity contribution in [2.45, 2.75) is 40.0 Å². The number of carboxylic acid groups (broad SMARTS) is 1. The molecule has 0 amide bonds. The first-order chi connectivity index (χ1) is 8.94. The minimum Gasteiger partial charge on any atom is -0.481 e. The van der Waals surface area contributed by atoms with E-state index in [1.54, 1.807) is 0 Å². The van der Waals surface area contributed by atoms with Crippen molar-refractivity contribution in [1.29, 1.82) is 0 Å². The highest BCUT2D eigenvalue weighted by Gasteiger charge is 2.40. The number of carboxylic acids is 1. The Morgan fingerprint density at radius 2 is 1.95 bits per heavy atom. The van der Waals surface area contributed by atoms with Crippen LogP contribution in [0.2, 0.25) is 0 Å². The summed E-state index contributed by atoms with van der Waals surface area (Å²) in [5.41, 5.74) is 4.23. The molecule has 2 N–H and O–H groups in total. The largest absolute Gasteiger partial charge is 0.481 e. The molecular formula is C16H23NO2. The Bertz CT molecular complexity index is 465. The molecule has 0 saturated carbocycles. The van der Waals surface area contributed by atoms with Gasteiger partial charge < -0.3 is 10.4 Å². The average Bonchev–Trinajstić information content (AvgIpc) is 2.35. The van der Waals surface area contributed by atoms with Crippen LogP contribution in [-0.4, -0.2) is 24.2 Å². The van der Waals surface area contributed by atoms with Crippen LogP contribution in [0, 0.1) is 26.2 Å². The summed E-state index contributed by atoms with van der Waals surface area (Å²) in [6, 6.07) is 4.29. The van der Waals surface area contributed by atoms with Gasteiger partial charge in [0.15, 0.2) is 0 Å². The monoisotopic (exact) mass is 261 g/mol. The van der Waals surface area contributed by atoms with Crippen LogP contribution in [0.5, 0.6) is 0 Å². The highest BCUT2D eigenvalue weighted by molar-refractivity contribution is 5.76. The Morgan fingerprint density at radius 1 is 1.32 bits per heavy atom. The van der Waals surface area contributed by atoms with E-state index in [1.165, 1.54) is 22.3 Å². The third-order valence-corrected chi connectivity index (χ3v) is 4.28. The lowest BCUT2D eigenvalue weighted by Crippen LogP contribution is -2.47. The zero-order chi connectivity index (χ0) is 14.0. The maximum absolute atomic E-state index is 11.7. The van der Waals surface area contributed by atoms with E-state index in [-0.39, 0.29) is 0 Å². The van der Waals surface area contributed by atoms with E-state index < -0.39 is 11.4 Å². The van der Waals surface area contributed by atoms with Gasteiger partial charge in [0.2, 0.25) is 0 Å². The van der Waals surface area contributed by atoms with Gasteiger partial charge in [-0.1, -0.05) is 17.7 Å². The fourth-order valence-corrected chi connectivity index (χ4v) is 3.20. The van der Waals surface area contributed by atoms with Crippen LogP contribution in [0.4, 0.5) is 0 Å². The highest BCUT2D eigenvalue weighted by atomic mass is 16.4. The summed E-state index contributed by atoms with van der Waals surface area (Å²) < 4.78 is 0. The van der Waals surface area contributed by atoms with Gasteiger partial charge in [0.05, 0.1) is 5.41 Å². The number of aryl methyl sites for hydroxylation is 3. The van der Waals surface area contributed by atoms with Crippen LogP contribution in [0.25, 0.3) is 0 Å². The minimum absolute atomic E-state index is 0.578. The molecule has 1 atom stereocenters. The number of piperidine rings is 1. The summed E-state index contributed by atoms with van der Waals surface area (Å²) in [6.07, 6.45) is 2.34. The van der Waals surface area contributed by atoms with Crippen molar-refractivity contribution in [1.82, 2.24) is 5.32 Å². The number of carbonyl (C=O) groups is 1. The van der Waals surface area contributed by atoms with Crippen molar-refractivity contribution in [2.24, 2.45) is 5.41 Å². The van der Waals surface area contributed by atoms with Crippen LogP contribution in [0.15, 0.2) is 12.1 Å². The minimum atomic E-state index is -0.668. The van der Waals surface area contributed by atoms with E-state index >= 15 is 0 Å². The van der Waals surface area contributed by atoms with Gasteiger partial charge >= 0.3 is 5.97 Å². The Hall–Kier alpha value is -1.35. The Kier molecular flexibility index (Phi) is 3.95.